The Morgan fingerprint density at radius 3 is 2.74 bits per heavy atom. The molecule has 0 amide bonds. The number of hydrogen-bond acceptors (Lipinski definition) is 3. The molecule has 1 N–H and O–H groups in total. The highest BCUT2D eigenvalue weighted by Crippen LogP contribution is 2.43. The number of aliphatic carboxylic acids is 1. The molecule has 0 aliphatic heterocycles. The minimum Gasteiger partial charge on any atom is -0.481 e. The maximum Gasteiger partial charge on any atom is 0.307 e. The molecule has 4 heteroatoms. The average molecular weight is 279 g/mol. The van der Waals surface area contributed by atoms with Gasteiger partial charge in [0, 0.05) is 18.2 Å². The number of nitrogens with zero attached hydrogens (tertiary/aromatic N) is 1. The van der Waals surface area contributed by atoms with Gasteiger partial charge in [0.25, 0.3) is 0 Å². The average Bonchev–Trinajstić information content (AvgIpc) is 3.09. The molecular formula is C15H21NO2S. The van der Waals surface area contributed by atoms with Crippen LogP contribution in [0, 0.1) is 5.92 Å². The highest BCUT2D eigenvalue weighted by atomic mass is 32.2. The van der Waals surface area contributed by atoms with Crippen LogP contribution < -0.4 is 0 Å². The van der Waals surface area contributed by atoms with Gasteiger partial charge in [-0.25, -0.2) is 0 Å². The summed E-state index contributed by atoms with van der Waals surface area (Å²) in [6.45, 7) is 10.2. The molecule has 1 saturated carbocycles. The van der Waals surface area contributed by atoms with E-state index in [0.29, 0.717) is 0 Å². The lowest BCUT2D eigenvalue weighted by Gasteiger charge is -2.08. The van der Waals surface area contributed by atoms with Gasteiger partial charge in [-0.3, -0.25) is 9.79 Å². The third-order valence-corrected chi connectivity index (χ3v) is 4.18. The molecule has 0 aromatic carbocycles. The van der Waals surface area contributed by atoms with Crippen molar-refractivity contribution in [3.05, 3.63) is 37.0 Å². The van der Waals surface area contributed by atoms with Crippen LogP contribution in [0.5, 0.6) is 0 Å². The summed E-state index contributed by atoms with van der Waals surface area (Å²) in [6.07, 6.45) is 7.94. The van der Waals surface area contributed by atoms with Crippen molar-refractivity contribution in [2.24, 2.45) is 10.9 Å². The van der Waals surface area contributed by atoms with Crippen LogP contribution in [0.3, 0.4) is 0 Å². The van der Waals surface area contributed by atoms with Gasteiger partial charge >= 0.3 is 5.97 Å². The summed E-state index contributed by atoms with van der Waals surface area (Å²) in [7, 11) is 0. The summed E-state index contributed by atoms with van der Waals surface area (Å²) >= 11 is 1.61. The van der Waals surface area contributed by atoms with Crippen molar-refractivity contribution in [2.75, 3.05) is 6.54 Å². The molecule has 3 nitrogen and oxygen atoms in total. The second-order valence-corrected chi connectivity index (χ2v) is 5.75. The topological polar surface area (TPSA) is 49.7 Å². The molecule has 1 unspecified atom stereocenters. The fourth-order valence-corrected chi connectivity index (χ4v) is 3.20. The molecule has 0 aromatic heterocycles. The summed E-state index contributed by atoms with van der Waals surface area (Å²) < 4.78 is 0. The van der Waals surface area contributed by atoms with Crippen molar-refractivity contribution >= 4 is 22.8 Å². The maximum absolute atomic E-state index is 10.8. The van der Waals surface area contributed by atoms with Crippen molar-refractivity contribution in [1.29, 1.82) is 0 Å². The first kappa shape index (κ1) is 15.8. The minimum absolute atomic E-state index is 0.191. The number of hydrogen-bond donors (Lipinski definition) is 1. The number of aliphatic imine (C=N–C) groups is 1. The molecule has 2 atom stereocenters. The van der Waals surface area contributed by atoms with E-state index in [0.717, 1.165) is 30.9 Å². The zero-order chi connectivity index (χ0) is 14.3. The lowest BCUT2D eigenvalue weighted by Crippen LogP contribution is -2.04. The van der Waals surface area contributed by atoms with E-state index in [4.69, 9.17) is 5.11 Å². The first-order chi connectivity index (χ1) is 9.12. The third-order valence-electron chi connectivity index (χ3n) is 2.81. The van der Waals surface area contributed by atoms with Gasteiger partial charge in [-0.2, -0.15) is 0 Å². The number of allylic oxidation sites excluding steroid dienone is 4. The van der Waals surface area contributed by atoms with Gasteiger partial charge in [0.15, 0.2) is 0 Å². The fraction of sp³-hybridized carbons (Fsp3) is 0.467. The van der Waals surface area contributed by atoms with Crippen LogP contribution in [0.2, 0.25) is 0 Å². The highest BCUT2D eigenvalue weighted by molar-refractivity contribution is 8.14. The van der Waals surface area contributed by atoms with Gasteiger partial charge in [0.2, 0.25) is 0 Å². The summed E-state index contributed by atoms with van der Waals surface area (Å²) in [5.41, 5.74) is 1.21. The Morgan fingerprint density at radius 1 is 1.53 bits per heavy atom. The third kappa shape index (κ3) is 5.47. The molecule has 1 aliphatic carbocycles. The highest BCUT2D eigenvalue weighted by Gasteiger charge is 2.44. The zero-order valence-corrected chi connectivity index (χ0v) is 12.2. The molecule has 0 aromatic rings. The molecular weight excluding hydrogens is 258 g/mol. The normalized spacial score (nSPS) is 23.0. The first-order valence-electron chi connectivity index (χ1n) is 6.46. The van der Waals surface area contributed by atoms with E-state index in [1.165, 1.54) is 5.57 Å². The van der Waals surface area contributed by atoms with E-state index in [1.807, 2.05) is 19.1 Å². The molecule has 1 rings (SSSR count). The van der Waals surface area contributed by atoms with E-state index in [2.05, 4.69) is 18.2 Å². The Labute approximate surface area is 119 Å². The molecule has 0 spiro atoms. The molecule has 0 radical (unpaired) electrons. The Kier molecular flexibility index (Phi) is 6.64. The molecule has 0 saturated heterocycles. The molecule has 1 fully saturated rings. The number of thioether (sulfide) groups is 1. The largest absolute Gasteiger partial charge is 0.481 e. The van der Waals surface area contributed by atoms with Crippen molar-refractivity contribution in [3.8, 4) is 0 Å². The smallest absolute Gasteiger partial charge is 0.307 e. The van der Waals surface area contributed by atoms with Crippen LogP contribution in [0.15, 0.2) is 42.0 Å². The standard InChI is InChI=1S/C15H21NO2S/c1-4-7-11(8-5-2)9-14(16-6-3)19-13-10-12(13)15(17)18/h4-5,7,12-13H,1-2,6,8-10H2,3H3,(H,17,18)/b11-7+,16-14?/t12-,13?/m1/s1. The Bertz CT molecular complexity index is 412. The van der Waals surface area contributed by atoms with Crippen molar-refractivity contribution < 1.29 is 9.90 Å². The van der Waals surface area contributed by atoms with E-state index in [-0.39, 0.29) is 11.2 Å². The van der Waals surface area contributed by atoms with Gasteiger partial charge in [0.1, 0.15) is 0 Å². The maximum atomic E-state index is 10.8. The lowest BCUT2D eigenvalue weighted by molar-refractivity contribution is -0.138. The predicted molar refractivity (Wildman–Crippen MR) is 82.8 cm³/mol. The summed E-state index contributed by atoms with van der Waals surface area (Å²) in [4.78, 5) is 15.3. The SMILES string of the molecule is C=C/C=C(\CC=C)CC(=NCC)SC1C[C@H]1C(=O)O. The summed E-state index contributed by atoms with van der Waals surface area (Å²) in [5, 5.41) is 10.1. The van der Waals surface area contributed by atoms with Crippen LogP contribution in [0.25, 0.3) is 0 Å². The van der Waals surface area contributed by atoms with E-state index < -0.39 is 5.97 Å². The van der Waals surface area contributed by atoms with Crippen LogP contribution in [-0.4, -0.2) is 27.9 Å². The molecule has 104 valence electrons. The minimum atomic E-state index is -0.693. The Balaban J connectivity index is 2.60. The molecule has 19 heavy (non-hydrogen) atoms. The summed E-state index contributed by atoms with van der Waals surface area (Å²) in [5.74, 6) is -0.889. The Hall–Kier alpha value is -1.29. The zero-order valence-electron chi connectivity index (χ0n) is 11.3. The second-order valence-electron chi connectivity index (χ2n) is 4.44. The Morgan fingerprint density at radius 2 is 2.26 bits per heavy atom. The van der Waals surface area contributed by atoms with Crippen molar-refractivity contribution in [3.63, 3.8) is 0 Å². The van der Waals surface area contributed by atoms with Crippen LogP contribution >= 0.6 is 11.8 Å². The molecule has 0 bridgehead atoms. The van der Waals surface area contributed by atoms with E-state index in [9.17, 15) is 4.79 Å². The predicted octanol–water partition coefficient (Wildman–Crippen LogP) is 3.69. The lowest BCUT2D eigenvalue weighted by atomic mass is 10.1. The van der Waals surface area contributed by atoms with Crippen molar-refractivity contribution in [2.45, 2.75) is 31.4 Å². The second kappa shape index (κ2) is 8.00. The van der Waals surface area contributed by atoms with E-state index >= 15 is 0 Å². The fourth-order valence-electron chi connectivity index (χ4n) is 1.79. The van der Waals surface area contributed by atoms with Gasteiger partial charge in [-0.15, -0.1) is 18.3 Å². The van der Waals surface area contributed by atoms with Gasteiger partial charge in [0.05, 0.1) is 11.0 Å². The van der Waals surface area contributed by atoms with Crippen LogP contribution in [0.4, 0.5) is 0 Å². The first-order valence-corrected chi connectivity index (χ1v) is 7.34. The van der Waals surface area contributed by atoms with Gasteiger partial charge in [-0.05, 0) is 19.8 Å². The molecule has 1 aliphatic rings. The molecule has 0 heterocycles. The quantitative estimate of drug-likeness (QED) is 0.319. The monoisotopic (exact) mass is 279 g/mol. The van der Waals surface area contributed by atoms with Crippen molar-refractivity contribution in [1.82, 2.24) is 0 Å². The van der Waals surface area contributed by atoms with Crippen LogP contribution in [0.1, 0.15) is 26.2 Å². The number of carbonyl (C=O) groups is 1. The van der Waals surface area contributed by atoms with Crippen LogP contribution in [-0.2, 0) is 4.79 Å². The van der Waals surface area contributed by atoms with Gasteiger partial charge in [-0.1, -0.05) is 30.4 Å². The summed E-state index contributed by atoms with van der Waals surface area (Å²) in [6, 6.07) is 0. The number of rotatable bonds is 8. The van der Waals surface area contributed by atoms with Gasteiger partial charge < -0.3 is 5.11 Å². The number of carboxylic acids is 1. The van der Waals surface area contributed by atoms with E-state index in [1.54, 1.807) is 17.8 Å². The number of carboxylic acid groups (broad SMARTS) is 1.